The van der Waals surface area contributed by atoms with Crippen LogP contribution in [0, 0.1) is 12.3 Å². The van der Waals surface area contributed by atoms with E-state index in [1.54, 1.807) is 0 Å². The third-order valence-corrected chi connectivity index (χ3v) is 3.76. The highest BCUT2D eigenvalue weighted by molar-refractivity contribution is 5.31. The van der Waals surface area contributed by atoms with E-state index in [-0.39, 0.29) is 0 Å². The molecule has 1 aromatic rings. The molecule has 1 saturated carbocycles. The van der Waals surface area contributed by atoms with Crippen molar-refractivity contribution < 1.29 is 0 Å². The first-order chi connectivity index (χ1) is 8.50. The lowest BCUT2D eigenvalue weighted by Crippen LogP contribution is -2.32. The number of imidazole rings is 1. The molecule has 3 nitrogen and oxygen atoms in total. The quantitative estimate of drug-likeness (QED) is 0.821. The van der Waals surface area contributed by atoms with E-state index in [1.165, 1.54) is 25.7 Å². The number of allylic oxidation sites excluding steroid dienone is 1. The van der Waals surface area contributed by atoms with E-state index >= 15 is 0 Å². The first-order valence-corrected chi connectivity index (χ1v) is 6.91. The largest absolute Gasteiger partial charge is 0.353 e. The minimum absolute atomic E-state index is 0.459. The third kappa shape index (κ3) is 3.15. The summed E-state index contributed by atoms with van der Waals surface area (Å²) in [5.74, 6) is 0.995. The SMILES string of the molecule is C=CCn1cc(C)nc1NC1CCCC(C)(C)C1. The average Bonchev–Trinajstić information content (AvgIpc) is 2.58. The van der Waals surface area contributed by atoms with E-state index < -0.39 is 0 Å². The minimum Gasteiger partial charge on any atom is -0.353 e. The van der Waals surface area contributed by atoms with Crippen LogP contribution in [0.2, 0.25) is 0 Å². The summed E-state index contributed by atoms with van der Waals surface area (Å²) in [5.41, 5.74) is 1.52. The second-order valence-electron chi connectivity index (χ2n) is 6.25. The van der Waals surface area contributed by atoms with Gasteiger partial charge in [-0.15, -0.1) is 6.58 Å². The van der Waals surface area contributed by atoms with Gasteiger partial charge in [-0.2, -0.15) is 0 Å². The zero-order chi connectivity index (χ0) is 13.2. The number of hydrogen-bond donors (Lipinski definition) is 1. The fraction of sp³-hybridized carbons (Fsp3) is 0.667. The molecule has 18 heavy (non-hydrogen) atoms. The average molecular weight is 247 g/mol. The van der Waals surface area contributed by atoms with Gasteiger partial charge in [0.1, 0.15) is 0 Å². The molecule has 3 heteroatoms. The summed E-state index contributed by atoms with van der Waals surface area (Å²) < 4.78 is 2.14. The molecule has 1 aliphatic rings. The maximum atomic E-state index is 4.58. The van der Waals surface area contributed by atoms with Crippen LogP contribution in [0.3, 0.4) is 0 Å². The number of aromatic nitrogens is 2. The second-order valence-corrected chi connectivity index (χ2v) is 6.25. The molecule has 2 rings (SSSR count). The van der Waals surface area contributed by atoms with Gasteiger partial charge in [-0.3, -0.25) is 0 Å². The predicted molar refractivity (Wildman–Crippen MR) is 76.8 cm³/mol. The molecule has 1 unspecified atom stereocenters. The van der Waals surface area contributed by atoms with E-state index in [1.807, 2.05) is 13.0 Å². The smallest absolute Gasteiger partial charge is 0.203 e. The first kappa shape index (κ1) is 13.2. The fourth-order valence-corrected chi connectivity index (χ4v) is 2.94. The van der Waals surface area contributed by atoms with Gasteiger partial charge in [-0.1, -0.05) is 26.3 Å². The summed E-state index contributed by atoms with van der Waals surface area (Å²) >= 11 is 0. The molecule has 1 atom stereocenters. The molecule has 0 amide bonds. The minimum atomic E-state index is 0.459. The number of hydrogen-bond acceptors (Lipinski definition) is 2. The van der Waals surface area contributed by atoms with Crippen molar-refractivity contribution in [3.63, 3.8) is 0 Å². The molecule has 0 aliphatic heterocycles. The van der Waals surface area contributed by atoms with Gasteiger partial charge >= 0.3 is 0 Å². The normalized spacial score (nSPS) is 22.7. The van der Waals surface area contributed by atoms with Crippen molar-refractivity contribution >= 4 is 5.95 Å². The zero-order valence-corrected chi connectivity index (χ0v) is 11.9. The van der Waals surface area contributed by atoms with Gasteiger partial charge in [0, 0.05) is 18.8 Å². The van der Waals surface area contributed by atoms with Crippen LogP contribution < -0.4 is 5.32 Å². The van der Waals surface area contributed by atoms with E-state index in [9.17, 15) is 0 Å². The monoisotopic (exact) mass is 247 g/mol. The van der Waals surface area contributed by atoms with Crippen molar-refractivity contribution in [3.8, 4) is 0 Å². The maximum absolute atomic E-state index is 4.58. The number of rotatable bonds is 4. The van der Waals surface area contributed by atoms with Crippen molar-refractivity contribution in [3.05, 3.63) is 24.5 Å². The van der Waals surface area contributed by atoms with Gasteiger partial charge < -0.3 is 9.88 Å². The van der Waals surface area contributed by atoms with Crippen LogP contribution in [-0.4, -0.2) is 15.6 Å². The van der Waals surface area contributed by atoms with Crippen LogP contribution in [0.5, 0.6) is 0 Å². The van der Waals surface area contributed by atoms with Crippen LogP contribution >= 0.6 is 0 Å². The highest BCUT2D eigenvalue weighted by Crippen LogP contribution is 2.36. The molecule has 0 saturated heterocycles. The summed E-state index contributed by atoms with van der Waals surface area (Å²) in [4.78, 5) is 4.58. The summed E-state index contributed by atoms with van der Waals surface area (Å²) in [5, 5.41) is 3.61. The van der Waals surface area contributed by atoms with Gasteiger partial charge in [0.05, 0.1) is 5.69 Å². The lowest BCUT2D eigenvalue weighted by Gasteiger charge is -2.35. The molecule has 0 spiro atoms. The van der Waals surface area contributed by atoms with E-state index in [2.05, 4.69) is 41.5 Å². The van der Waals surface area contributed by atoms with Gasteiger partial charge in [-0.25, -0.2) is 4.98 Å². The van der Waals surface area contributed by atoms with E-state index in [0.29, 0.717) is 11.5 Å². The van der Waals surface area contributed by atoms with Crippen molar-refractivity contribution in [1.29, 1.82) is 0 Å². The molecule has 1 aliphatic carbocycles. The molecule has 0 bridgehead atoms. The maximum Gasteiger partial charge on any atom is 0.203 e. The van der Waals surface area contributed by atoms with Crippen LogP contribution in [0.25, 0.3) is 0 Å². The molecule has 1 heterocycles. The number of aryl methyl sites for hydroxylation is 1. The molecule has 1 N–H and O–H groups in total. The summed E-state index contributed by atoms with van der Waals surface area (Å²) in [6, 6.07) is 0.555. The van der Waals surface area contributed by atoms with Crippen LogP contribution in [-0.2, 0) is 6.54 Å². The summed E-state index contributed by atoms with van der Waals surface area (Å²) in [7, 11) is 0. The van der Waals surface area contributed by atoms with Crippen molar-refractivity contribution in [2.75, 3.05) is 5.32 Å². The lowest BCUT2D eigenvalue weighted by molar-refractivity contribution is 0.229. The van der Waals surface area contributed by atoms with Gasteiger partial charge in [0.25, 0.3) is 0 Å². The van der Waals surface area contributed by atoms with Gasteiger partial charge in [0.15, 0.2) is 0 Å². The Bertz CT molecular complexity index is 417. The lowest BCUT2D eigenvalue weighted by atomic mass is 9.75. The van der Waals surface area contributed by atoms with Crippen molar-refractivity contribution in [1.82, 2.24) is 9.55 Å². The predicted octanol–water partition coefficient (Wildman–Crippen LogP) is 3.76. The molecule has 0 radical (unpaired) electrons. The Morgan fingerprint density at radius 2 is 2.39 bits per heavy atom. The number of anilines is 1. The fourth-order valence-electron chi connectivity index (χ4n) is 2.94. The molecular formula is C15H25N3. The standard InChI is InChI=1S/C15H25N3/c1-5-9-18-11-12(2)16-14(18)17-13-7-6-8-15(3,4)10-13/h5,11,13H,1,6-10H2,2-4H3,(H,16,17). The van der Waals surface area contributed by atoms with E-state index in [4.69, 9.17) is 0 Å². The second kappa shape index (κ2) is 5.17. The van der Waals surface area contributed by atoms with Gasteiger partial charge in [-0.05, 0) is 31.6 Å². The van der Waals surface area contributed by atoms with Crippen LogP contribution in [0.15, 0.2) is 18.9 Å². The summed E-state index contributed by atoms with van der Waals surface area (Å²) in [6.07, 6.45) is 9.13. The zero-order valence-electron chi connectivity index (χ0n) is 11.9. The topological polar surface area (TPSA) is 29.9 Å². The Morgan fingerprint density at radius 1 is 1.61 bits per heavy atom. The van der Waals surface area contributed by atoms with Gasteiger partial charge in [0.2, 0.25) is 5.95 Å². The van der Waals surface area contributed by atoms with E-state index in [0.717, 1.165) is 18.2 Å². The first-order valence-electron chi connectivity index (χ1n) is 6.91. The van der Waals surface area contributed by atoms with Crippen LogP contribution in [0.4, 0.5) is 5.95 Å². The Labute approximate surface area is 110 Å². The highest BCUT2D eigenvalue weighted by Gasteiger charge is 2.28. The number of nitrogens with zero attached hydrogens (tertiary/aromatic N) is 2. The Balaban J connectivity index is 2.06. The summed E-state index contributed by atoms with van der Waals surface area (Å²) in [6.45, 7) is 11.4. The Morgan fingerprint density at radius 3 is 3.06 bits per heavy atom. The molecule has 1 aromatic heterocycles. The Kier molecular flexibility index (Phi) is 3.79. The molecular weight excluding hydrogens is 222 g/mol. The van der Waals surface area contributed by atoms with Crippen LogP contribution in [0.1, 0.15) is 45.2 Å². The number of nitrogens with one attached hydrogen (secondary N) is 1. The van der Waals surface area contributed by atoms with Crippen molar-refractivity contribution in [2.45, 2.75) is 59.0 Å². The molecule has 1 fully saturated rings. The van der Waals surface area contributed by atoms with Crippen molar-refractivity contribution in [2.24, 2.45) is 5.41 Å². The highest BCUT2D eigenvalue weighted by atomic mass is 15.2. The Hall–Kier alpha value is -1.25. The third-order valence-electron chi connectivity index (χ3n) is 3.76. The molecule has 100 valence electrons. The molecule has 0 aromatic carbocycles.